The van der Waals surface area contributed by atoms with Gasteiger partial charge in [-0.3, -0.25) is 19.3 Å². The van der Waals surface area contributed by atoms with Crippen LogP contribution < -0.4 is 4.74 Å². The highest BCUT2D eigenvalue weighted by Gasteiger charge is 2.37. The number of piperidine rings is 1. The van der Waals surface area contributed by atoms with Crippen LogP contribution in [0.5, 0.6) is 5.75 Å². The lowest BCUT2D eigenvalue weighted by molar-refractivity contribution is -0.136. The Hall–Kier alpha value is -2.54. The van der Waals surface area contributed by atoms with Crippen molar-refractivity contribution in [3.05, 3.63) is 47.4 Å². The third-order valence-electron chi connectivity index (χ3n) is 4.42. The van der Waals surface area contributed by atoms with Crippen LogP contribution in [0.25, 0.3) is 6.08 Å². The molecule has 1 aromatic rings. The van der Waals surface area contributed by atoms with E-state index in [0.717, 1.165) is 41.5 Å². The van der Waals surface area contributed by atoms with E-state index in [0.29, 0.717) is 30.4 Å². The number of ether oxygens (including phenoxy) is 1. The number of carbonyl (C=O) groups excluding carboxylic acids is 3. The van der Waals surface area contributed by atoms with Crippen molar-refractivity contribution in [1.82, 2.24) is 9.80 Å². The van der Waals surface area contributed by atoms with Gasteiger partial charge in [0, 0.05) is 13.1 Å². The second-order valence-corrected chi connectivity index (χ2v) is 7.37. The van der Waals surface area contributed by atoms with Crippen LogP contribution in [-0.4, -0.2) is 53.1 Å². The Labute approximate surface area is 162 Å². The Morgan fingerprint density at radius 3 is 2.52 bits per heavy atom. The average Bonchev–Trinajstić information content (AvgIpc) is 2.95. The van der Waals surface area contributed by atoms with Crippen LogP contribution in [0.3, 0.4) is 0 Å². The Morgan fingerprint density at radius 1 is 1.15 bits per heavy atom. The first kappa shape index (κ1) is 19.2. The molecular weight excluding hydrogens is 364 g/mol. The molecule has 0 saturated carbocycles. The number of thioether (sulfide) groups is 1. The number of amides is 3. The van der Waals surface area contributed by atoms with Gasteiger partial charge >= 0.3 is 0 Å². The SMILES string of the molecule is C=CCOc1ccc(/C=C2/SC(=O)N(CC(=O)N3CCCCC3)C2=O)cc1. The highest BCUT2D eigenvalue weighted by atomic mass is 32.2. The molecule has 2 heterocycles. The van der Waals surface area contributed by atoms with Gasteiger partial charge in [-0.05, 0) is 54.8 Å². The van der Waals surface area contributed by atoms with Crippen LogP contribution in [0.4, 0.5) is 4.79 Å². The molecule has 0 unspecified atom stereocenters. The topological polar surface area (TPSA) is 66.9 Å². The van der Waals surface area contributed by atoms with Crippen molar-refractivity contribution in [3.63, 3.8) is 0 Å². The Kier molecular flexibility index (Phi) is 6.34. The molecule has 0 atom stereocenters. The summed E-state index contributed by atoms with van der Waals surface area (Å²) >= 11 is 0.867. The van der Waals surface area contributed by atoms with Gasteiger partial charge in [0.1, 0.15) is 18.9 Å². The molecular formula is C20H22N2O4S. The molecule has 1 aromatic carbocycles. The molecule has 27 heavy (non-hydrogen) atoms. The number of benzene rings is 1. The van der Waals surface area contributed by atoms with Crippen molar-refractivity contribution in [2.75, 3.05) is 26.2 Å². The van der Waals surface area contributed by atoms with Crippen molar-refractivity contribution < 1.29 is 19.1 Å². The smallest absolute Gasteiger partial charge is 0.294 e. The fraction of sp³-hybridized carbons (Fsp3) is 0.350. The van der Waals surface area contributed by atoms with E-state index in [2.05, 4.69) is 6.58 Å². The second kappa shape index (κ2) is 8.90. The summed E-state index contributed by atoms with van der Waals surface area (Å²) in [5, 5.41) is -0.400. The third-order valence-corrected chi connectivity index (χ3v) is 5.33. The maximum Gasteiger partial charge on any atom is 0.294 e. The number of hydrogen-bond donors (Lipinski definition) is 0. The van der Waals surface area contributed by atoms with E-state index in [1.807, 2.05) is 12.1 Å². The molecule has 0 radical (unpaired) electrons. The molecule has 2 saturated heterocycles. The molecule has 0 spiro atoms. The number of likely N-dealkylation sites (tertiary alicyclic amines) is 1. The van der Waals surface area contributed by atoms with E-state index in [9.17, 15) is 14.4 Å². The number of hydrogen-bond acceptors (Lipinski definition) is 5. The van der Waals surface area contributed by atoms with E-state index in [1.54, 1.807) is 29.2 Å². The summed E-state index contributed by atoms with van der Waals surface area (Å²) < 4.78 is 5.42. The van der Waals surface area contributed by atoms with Gasteiger partial charge in [0.15, 0.2) is 0 Å². The fourth-order valence-electron chi connectivity index (χ4n) is 2.98. The molecule has 2 aliphatic rings. The number of imide groups is 1. The van der Waals surface area contributed by atoms with Crippen molar-refractivity contribution >= 4 is 34.9 Å². The second-order valence-electron chi connectivity index (χ2n) is 6.38. The Bertz CT molecular complexity index is 767. The molecule has 3 rings (SSSR count). The normalized spacial score (nSPS) is 18.9. The van der Waals surface area contributed by atoms with Crippen molar-refractivity contribution in [3.8, 4) is 5.75 Å². The molecule has 142 valence electrons. The van der Waals surface area contributed by atoms with Gasteiger partial charge in [0.2, 0.25) is 5.91 Å². The average molecular weight is 386 g/mol. The van der Waals surface area contributed by atoms with E-state index in [4.69, 9.17) is 4.74 Å². The molecule has 0 aromatic heterocycles. The van der Waals surface area contributed by atoms with Gasteiger partial charge in [-0.1, -0.05) is 24.8 Å². The largest absolute Gasteiger partial charge is 0.490 e. The molecule has 0 N–H and O–H groups in total. The van der Waals surface area contributed by atoms with Crippen molar-refractivity contribution in [2.45, 2.75) is 19.3 Å². The van der Waals surface area contributed by atoms with Gasteiger partial charge in [0.05, 0.1) is 4.91 Å². The minimum absolute atomic E-state index is 0.165. The zero-order valence-electron chi connectivity index (χ0n) is 15.1. The number of rotatable bonds is 6. The minimum atomic E-state index is -0.414. The monoisotopic (exact) mass is 386 g/mol. The summed E-state index contributed by atoms with van der Waals surface area (Å²) in [5.41, 5.74) is 0.786. The third kappa shape index (κ3) is 4.80. The van der Waals surface area contributed by atoms with Crippen LogP contribution in [0.1, 0.15) is 24.8 Å². The van der Waals surface area contributed by atoms with Crippen molar-refractivity contribution in [2.24, 2.45) is 0 Å². The number of nitrogens with zero attached hydrogens (tertiary/aromatic N) is 2. The first-order chi connectivity index (χ1) is 13.1. The van der Waals surface area contributed by atoms with Gasteiger partial charge in [-0.15, -0.1) is 0 Å². The van der Waals surface area contributed by atoms with E-state index < -0.39 is 11.1 Å². The highest BCUT2D eigenvalue weighted by Crippen LogP contribution is 2.32. The van der Waals surface area contributed by atoms with Gasteiger partial charge in [-0.2, -0.15) is 0 Å². The quantitative estimate of drug-likeness (QED) is 0.554. The summed E-state index contributed by atoms with van der Waals surface area (Å²) in [6.07, 6.45) is 6.38. The lowest BCUT2D eigenvalue weighted by Gasteiger charge is -2.27. The highest BCUT2D eigenvalue weighted by molar-refractivity contribution is 8.18. The van der Waals surface area contributed by atoms with Crippen LogP contribution in [0.2, 0.25) is 0 Å². The molecule has 2 fully saturated rings. The molecule has 3 amide bonds. The lowest BCUT2D eigenvalue weighted by Crippen LogP contribution is -2.44. The number of carbonyl (C=O) groups is 3. The Morgan fingerprint density at radius 2 is 1.85 bits per heavy atom. The van der Waals surface area contributed by atoms with Crippen LogP contribution in [-0.2, 0) is 9.59 Å². The fourth-order valence-corrected chi connectivity index (χ4v) is 3.82. The molecule has 6 nitrogen and oxygen atoms in total. The summed E-state index contributed by atoms with van der Waals surface area (Å²) in [6, 6.07) is 7.20. The maximum atomic E-state index is 12.6. The van der Waals surface area contributed by atoms with Crippen molar-refractivity contribution in [1.29, 1.82) is 0 Å². The summed E-state index contributed by atoms with van der Waals surface area (Å²) in [7, 11) is 0. The summed E-state index contributed by atoms with van der Waals surface area (Å²) in [6.45, 7) is 5.23. The predicted molar refractivity (Wildman–Crippen MR) is 105 cm³/mol. The minimum Gasteiger partial charge on any atom is -0.490 e. The molecule has 0 aliphatic carbocycles. The summed E-state index contributed by atoms with van der Waals surface area (Å²) in [4.78, 5) is 40.2. The lowest BCUT2D eigenvalue weighted by atomic mass is 10.1. The molecule has 2 aliphatic heterocycles. The van der Waals surface area contributed by atoms with Crippen LogP contribution in [0, 0.1) is 0 Å². The Balaban J connectivity index is 1.65. The van der Waals surface area contributed by atoms with Gasteiger partial charge in [0.25, 0.3) is 11.1 Å². The predicted octanol–water partition coefficient (Wildman–Crippen LogP) is 3.30. The maximum absolute atomic E-state index is 12.6. The van der Waals surface area contributed by atoms with Gasteiger partial charge < -0.3 is 9.64 Å². The zero-order chi connectivity index (χ0) is 19.2. The first-order valence-electron chi connectivity index (χ1n) is 8.95. The van der Waals surface area contributed by atoms with Crippen LogP contribution >= 0.6 is 11.8 Å². The molecule has 0 bridgehead atoms. The van der Waals surface area contributed by atoms with E-state index >= 15 is 0 Å². The van der Waals surface area contributed by atoms with Crippen LogP contribution in [0.15, 0.2) is 41.8 Å². The molecule has 7 heteroatoms. The first-order valence-corrected chi connectivity index (χ1v) is 9.77. The zero-order valence-corrected chi connectivity index (χ0v) is 15.9. The van der Waals surface area contributed by atoms with E-state index in [1.165, 1.54) is 0 Å². The van der Waals surface area contributed by atoms with E-state index in [-0.39, 0.29) is 12.5 Å². The van der Waals surface area contributed by atoms with Gasteiger partial charge in [-0.25, -0.2) is 0 Å². The summed E-state index contributed by atoms with van der Waals surface area (Å²) in [5.74, 6) is 0.122. The standard InChI is InChI=1S/C20H22N2O4S/c1-2-12-26-16-8-6-15(7-9-16)13-17-19(24)22(20(25)27-17)14-18(23)21-10-4-3-5-11-21/h2,6-9,13H,1,3-5,10-12,14H2/b17-13+.